The molecule has 1 saturated heterocycles. The Hall–Kier alpha value is -2.18. The third-order valence-corrected chi connectivity index (χ3v) is 4.60. The Morgan fingerprint density at radius 3 is 3.00 bits per heavy atom. The molecule has 3 rings (SSSR count). The van der Waals surface area contributed by atoms with E-state index in [0.717, 1.165) is 38.2 Å². The summed E-state index contributed by atoms with van der Waals surface area (Å²) >= 11 is 0. The molecule has 2 aromatic heterocycles. The lowest BCUT2D eigenvalue weighted by Gasteiger charge is -2.36. The number of carbonyl (C=O) groups excluding carboxylic acids is 1. The van der Waals surface area contributed by atoms with E-state index in [-0.39, 0.29) is 5.91 Å². The van der Waals surface area contributed by atoms with Crippen molar-refractivity contribution in [3.05, 3.63) is 30.9 Å². The molecule has 0 saturated carbocycles. The molecule has 23 heavy (non-hydrogen) atoms. The smallest absolute Gasteiger partial charge is 0.224 e. The summed E-state index contributed by atoms with van der Waals surface area (Å²) in [5.41, 5.74) is 0. The molecule has 124 valence electrons. The van der Waals surface area contributed by atoms with Gasteiger partial charge in [-0.25, -0.2) is 9.97 Å². The summed E-state index contributed by atoms with van der Waals surface area (Å²) in [6.07, 6.45) is 11.9. The van der Waals surface area contributed by atoms with Gasteiger partial charge in [-0.2, -0.15) is 5.10 Å². The van der Waals surface area contributed by atoms with Crippen molar-refractivity contribution < 1.29 is 4.79 Å². The molecular formula is C16H24N6O. The maximum absolute atomic E-state index is 12.6. The molecule has 0 bridgehead atoms. The van der Waals surface area contributed by atoms with Crippen LogP contribution in [0.25, 0.3) is 0 Å². The van der Waals surface area contributed by atoms with Crippen molar-refractivity contribution in [2.45, 2.75) is 58.2 Å². The summed E-state index contributed by atoms with van der Waals surface area (Å²) < 4.78 is 3.87. The number of imidazole rings is 1. The van der Waals surface area contributed by atoms with E-state index in [1.165, 1.54) is 12.7 Å². The number of nitrogens with zero attached hydrogens (tertiary/aromatic N) is 6. The van der Waals surface area contributed by atoms with Gasteiger partial charge < -0.3 is 9.47 Å². The van der Waals surface area contributed by atoms with Gasteiger partial charge in [0.15, 0.2) is 0 Å². The first-order valence-electron chi connectivity index (χ1n) is 8.33. The van der Waals surface area contributed by atoms with Crippen LogP contribution in [0.5, 0.6) is 0 Å². The van der Waals surface area contributed by atoms with Crippen LogP contribution >= 0.6 is 0 Å². The molecule has 1 unspecified atom stereocenters. The van der Waals surface area contributed by atoms with Crippen molar-refractivity contribution in [3.8, 4) is 0 Å². The largest absolute Gasteiger partial charge is 0.340 e. The van der Waals surface area contributed by atoms with Crippen LogP contribution in [0.1, 0.15) is 37.9 Å². The number of hydrogen-bond donors (Lipinski definition) is 0. The number of amides is 1. The molecule has 0 radical (unpaired) electrons. The van der Waals surface area contributed by atoms with Gasteiger partial charge in [0.1, 0.15) is 18.5 Å². The van der Waals surface area contributed by atoms with E-state index in [1.54, 1.807) is 11.0 Å². The second-order valence-electron chi connectivity index (χ2n) is 6.10. The van der Waals surface area contributed by atoms with Crippen molar-refractivity contribution >= 4 is 5.91 Å². The first-order valence-corrected chi connectivity index (χ1v) is 8.33. The van der Waals surface area contributed by atoms with Crippen molar-refractivity contribution in [2.75, 3.05) is 6.54 Å². The van der Waals surface area contributed by atoms with Crippen LogP contribution in [-0.2, 0) is 17.9 Å². The minimum Gasteiger partial charge on any atom is -0.340 e. The quantitative estimate of drug-likeness (QED) is 0.812. The molecule has 7 nitrogen and oxygen atoms in total. The number of piperidine rings is 1. The van der Waals surface area contributed by atoms with Crippen LogP contribution in [0.15, 0.2) is 25.0 Å². The fourth-order valence-corrected chi connectivity index (χ4v) is 3.26. The molecule has 1 atom stereocenters. The van der Waals surface area contributed by atoms with E-state index in [4.69, 9.17) is 0 Å². The zero-order valence-electron chi connectivity index (χ0n) is 13.6. The van der Waals surface area contributed by atoms with Gasteiger partial charge in [0.2, 0.25) is 5.91 Å². The maximum Gasteiger partial charge on any atom is 0.224 e. The molecule has 0 aromatic carbocycles. The molecule has 7 heteroatoms. The second-order valence-corrected chi connectivity index (χ2v) is 6.10. The first kappa shape index (κ1) is 15.7. The summed E-state index contributed by atoms with van der Waals surface area (Å²) in [5, 5.41) is 4.06. The third-order valence-electron chi connectivity index (χ3n) is 4.60. The average Bonchev–Trinajstić information content (AvgIpc) is 3.22. The minimum atomic E-state index is 0.229. The minimum absolute atomic E-state index is 0.229. The maximum atomic E-state index is 12.6. The van der Waals surface area contributed by atoms with Gasteiger partial charge in [-0.1, -0.05) is 0 Å². The van der Waals surface area contributed by atoms with Crippen LogP contribution < -0.4 is 0 Å². The van der Waals surface area contributed by atoms with Gasteiger partial charge in [0, 0.05) is 37.9 Å². The highest BCUT2D eigenvalue weighted by molar-refractivity contribution is 5.76. The summed E-state index contributed by atoms with van der Waals surface area (Å²) in [6.45, 7) is 4.41. The van der Waals surface area contributed by atoms with E-state index in [9.17, 15) is 4.79 Å². The Labute approximate surface area is 136 Å². The fourth-order valence-electron chi connectivity index (χ4n) is 3.26. The lowest BCUT2D eigenvalue weighted by molar-refractivity contribution is -0.135. The van der Waals surface area contributed by atoms with Gasteiger partial charge >= 0.3 is 0 Å². The van der Waals surface area contributed by atoms with Crippen molar-refractivity contribution in [2.24, 2.45) is 0 Å². The van der Waals surface area contributed by atoms with E-state index < -0.39 is 0 Å². The average molecular weight is 316 g/mol. The van der Waals surface area contributed by atoms with E-state index in [1.807, 2.05) is 19.3 Å². The predicted molar refractivity (Wildman–Crippen MR) is 85.6 cm³/mol. The highest BCUT2D eigenvalue weighted by Gasteiger charge is 2.26. The zero-order chi connectivity index (χ0) is 16.1. The number of aryl methyl sites for hydroxylation is 3. The highest BCUT2D eigenvalue weighted by Crippen LogP contribution is 2.21. The first-order chi connectivity index (χ1) is 11.2. The standard InChI is InChI=1S/C16H24N6O/c1-14-18-7-11-20(14)9-5-15-4-2-3-8-22(15)16(23)6-10-21-13-17-12-19-21/h7,11-13,15H,2-6,8-10H2,1H3. The van der Waals surface area contributed by atoms with Crippen LogP contribution in [0, 0.1) is 6.92 Å². The molecule has 1 amide bonds. The number of aromatic nitrogens is 5. The normalized spacial score (nSPS) is 18.3. The Morgan fingerprint density at radius 1 is 1.35 bits per heavy atom. The van der Waals surface area contributed by atoms with Crippen LogP contribution in [0.2, 0.25) is 0 Å². The topological polar surface area (TPSA) is 68.8 Å². The molecule has 0 N–H and O–H groups in total. The van der Waals surface area contributed by atoms with E-state index in [0.29, 0.717) is 19.0 Å². The Bertz CT molecular complexity index is 620. The number of rotatable bonds is 6. The molecule has 3 heterocycles. The Morgan fingerprint density at radius 2 is 2.26 bits per heavy atom. The Balaban J connectivity index is 1.54. The van der Waals surface area contributed by atoms with Crippen LogP contribution in [-0.4, -0.2) is 47.7 Å². The molecular weight excluding hydrogens is 292 g/mol. The summed E-state index contributed by atoms with van der Waals surface area (Å²) in [4.78, 5) is 22.8. The lowest BCUT2D eigenvalue weighted by atomic mass is 9.98. The summed E-state index contributed by atoms with van der Waals surface area (Å²) in [7, 11) is 0. The number of carbonyl (C=O) groups is 1. The molecule has 2 aromatic rings. The van der Waals surface area contributed by atoms with Gasteiger partial charge in [0.05, 0.1) is 6.54 Å². The molecule has 1 aliphatic heterocycles. The van der Waals surface area contributed by atoms with Gasteiger partial charge in [-0.3, -0.25) is 9.48 Å². The van der Waals surface area contributed by atoms with E-state index in [2.05, 4.69) is 24.5 Å². The van der Waals surface area contributed by atoms with Crippen molar-refractivity contribution in [3.63, 3.8) is 0 Å². The van der Waals surface area contributed by atoms with Gasteiger partial charge in [-0.05, 0) is 32.6 Å². The monoisotopic (exact) mass is 316 g/mol. The van der Waals surface area contributed by atoms with Crippen molar-refractivity contribution in [1.29, 1.82) is 0 Å². The number of hydrogen-bond acceptors (Lipinski definition) is 4. The van der Waals surface area contributed by atoms with Gasteiger partial charge in [0.25, 0.3) is 0 Å². The summed E-state index contributed by atoms with van der Waals surface area (Å²) in [6, 6.07) is 0.341. The second kappa shape index (κ2) is 7.39. The van der Waals surface area contributed by atoms with E-state index >= 15 is 0 Å². The molecule has 1 aliphatic rings. The van der Waals surface area contributed by atoms with Crippen LogP contribution in [0.4, 0.5) is 0 Å². The molecule has 1 fully saturated rings. The highest BCUT2D eigenvalue weighted by atomic mass is 16.2. The molecule has 0 aliphatic carbocycles. The molecule has 0 spiro atoms. The summed E-state index contributed by atoms with van der Waals surface area (Å²) in [5.74, 6) is 1.26. The number of likely N-dealkylation sites (tertiary alicyclic amines) is 1. The van der Waals surface area contributed by atoms with Crippen LogP contribution in [0.3, 0.4) is 0 Å². The van der Waals surface area contributed by atoms with Crippen molar-refractivity contribution in [1.82, 2.24) is 29.2 Å². The lowest BCUT2D eigenvalue weighted by Crippen LogP contribution is -2.44. The third kappa shape index (κ3) is 3.97. The predicted octanol–water partition coefficient (Wildman–Crippen LogP) is 1.64. The fraction of sp³-hybridized carbons (Fsp3) is 0.625. The zero-order valence-corrected chi connectivity index (χ0v) is 13.6. The SMILES string of the molecule is Cc1nccn1CCC1CCCCN1C(=O)CCn1cncn1. The Kier molecular flexibility index (Phi) is 5.05. The van der Waals surface area contributed by atoms with Gasteiger partial charge in [-0.15, -0.1) is 0 Å².